The van der Waals surface area contributed by atoms with Gasteiger partial charge >= 0.3 is 5.97 Å². The molecule has 0 aliphatic carbocycles. The molecule has 1 heterocycles. The van der Waals surface area contributed by atoms with E-state index in [0.717, 1.165) is 11.1 Å². The zero-order valence-corrected chi connectivity index (χ0v) is 19.5. The Bertz CT molecular complexity index is 1020. The third-order valence-electron chi connectivity index (χ3n) is 5.53. The minimum absolute atomic E-state index is 0.0581. The highest BCUT2D eigenvalue weighted by Gasteiger charge is 2.33. The van der Waals surface area contributed by atoms with E-state index in [1.54, 1.807) is 36.4 Å². The molecule has 7 nitrogen and oxygen atoms in total. The summed E-state index contributed by atoms with van der Waals surface area (Å²) in [5.74, 6) is -1.09. The monoisotopic (exact) mass is 478 g/mol. The van der Waals surface area contributed by atoms with Crippen molar-refractivity contribution in [2.75, 3.05) is 26.7 Å². The average Bonchev–Trinajstić information content (AvgIpc) is 2.80. The third kappa shape index (κ3) is 6.54. The number of amides is 1. The van der Waals surface area contributed by atoms with Gasteiger partial charge in [-0.3, -0.25) is 9.59 Å². The zero-order valence-electron chi connectivity index (χ0n) is 17.9. The van der Waals surface area contributed by atoms with E-state index in [2.05, 4.69) is 0 Å². The number of nitrogens with zero attached hydrogens (tertiary/aromatic N) is 2. The summed E-state index contributed by atoms with van der Waals surface area (Å²) in [5.41, 5.74) is 1.58. The van der Waals surface area contributed by atoms with Crippen LogP contribution in [-0.2, 0) is 36.6 Å². The third-order valence-corrected chi connectivity index (χ3v) is 7.64. The van der Waals surface area contributed by atoms with Crippen LogP contribution in [0.25, 0.3) is 0 Å². The number of hydrogen-bond acceptors (Lipinski definition) is 5. The summed E-state index contributed by atoms with van der Waals surface area (Å²) in [6.45, 7) is 0.638. The maximum Gasteiger partial charge on any atom is 0.325 e. The fourth-order valence-corrected chi connectivity index (χ4v) is 5.45. The SMILES string of the molecule is COC(=O)CN(Cc1ccc(Cl)cc1)C(=O)C1CCN(S(=O)(=O)Cc2ccccc2)CC1. The number of benzene rings is 2. The lowest BCUT2D eigenvalue weighted by Gasteiger charge is -2.33. The Balaban J connectivity index is 1.64. The lowest BCUT2D eigenvalue weighted by Crippen LogP contribution is -2.45. The number of esters is 1. The zero-order chi connectivity index (χ0) is 23.1. The lowest BCUT2D eigenvalue weighted by molar-refractivity contribution is -0.149. The van der Waals surface area contributed by atoms with Crippen molar-refractivity contribution in [3.05, 3.63) is 70.7 Å². The molecule has 1 amide bonds. The van der Waals surface area contributed by atoms with Crippen molar-refractivity contribution in [1.82, 2.24) is 9.21 Å². The van der Waals surface area contributed by atoms with E-state index < -0.39 is 16.0 Å². The van der Waals surface area contributed by atoms with Crippen LogP contribution in [0.15, 0.2) is 54.6 Å². The van der Waals surface area contributed by atoms with Crippen LogP contribution in [0.2, 0.25) is 5.02 Å². The van der Waals surface area contributed by atoms with Gasteiger partial charge in [0, 0.05) is 30.6 Å². The van der Waals surface area contributed by atoms with Crippen molar-refractivity contribution in [2.24, 2.45) is 5.92 Å². The molecule has 2 aromatic rings. The van der Waals surface area contributed by atoms with Crippen LogP contribution in [-0.4, -0.2) is 56.2 Å². The van der Waals surface area contributed by atoms with Crippen LogP contribution >= 0.6 is 11.6 Å². The van der Waals surface area contributed by atoms with Gasteiger partial charge in [0.2, 0.25) is 15.9 Å². The Morgan fingerprint density at radius 3 is 2.25 bits per heavy atom. The minimum Gasteiger partial charge on any atom is -0.468 e. The van der Waals surface area contributed by atoms with Gasteiger partial charge < -0.3 is 9.64 Å². The van der Waals surface area contributed by atoms with Crippen molar-refractivity contribution >= 4 is 33.5 Å². The number of carbonyl (C=O) groups excluding carboxylic acids is 2. The molecule has 0 N–H and O–H groups in total. The summed E-state index contributed by atoms with van der Waals surface area (Å²) in [6.07, 6.45) is 0.816. The van der Waals surface area contributed by atoms with Gasteiger partial charge in [-0.2, -0.15) is 0 Å². The fraction of sp³-hybridized carbons (Fsp3) is 0.391. The van der Waals surface area contributed by atoms with Crippen LogP contribution in [0.5, 0.6) is 0 Å². The molecule has 3 rings (SSSR count). The highest BCUT2D eigenvalue weighted by Crippen LogP contribution is 2.24. The molecular weight excluding hydrogens is 452 g/mol. The van der Waals surface area contributed by atoms with Gasteiger partial charge in [-0.05, 0) is 36.1 Å². The molecule has 0 bridgehead atoms. The number of hydrogen-bond donors (Lipinski definition) is 0. The number of piperidine rings is 1. The molecule has 0 aromatic heterocycles. The number of methoxy groups -OCH3 is 1. The first-order chi connectivity index (χ1) is 15.3. The maximum atomic E-state index is 13.2. The first-order valence-electron chi connectivity index (χ1n) is 10.4. The fourth-order valence-electron chi connectivity index (χ4n) is 3.76. The Morgan fingerprint density at radius 2 is 1.66 bits per heavy atom. The van der Waals surface area contributed by atoms with Gasteiger partial charge in [-0.15, -0.1) is 0 Å². The first kappa shape index (κ1) is 24.2. The molecule has 0 radical (unpaired) electrons. The average molecular weight is 479 g/mol. The maximum absolute atomic E-state index is 13.2. The molecule has 9 heteroatoms. The van der Waals surface area contributed by atoms with Crippen molar-refractivity contribution in [3.63, 3.8) is 0 Å². The predicted octanol–water partition coefficient (Wildman–Crippen LogP) is 3.08. The summed E-state index contributed by atoms with van der Waals surface area (Å²) in [7, 11) is -2.18. The smallest absolute Gasteiger partial charge is 0.325 e. The van der Waals surface area contributed by atoms with Crippen molar-refractivity contribution in [1.29, 1.82) is 0 Å². The van der Waals surface area contributed by atoms with Crippen molar-refractivity contribution < 1.29 is 22.7 Å². The summed E-state index contributed by atoms with van der Waals surface area (Å²) >= 11 is 5.93. The second-order valence-corrected chi connectivity index (χ2v) is 10.2. The Hall–Kier alpha value is -2.42. The van der Waals surface area contributed by atoms with Crippen molar-refractivity contribution in [2.45, 2.75) is 25.1 Å². The van der Waals surface area contributed by atoms with Gasteiger partial charge in [-0.1, -0.05) is 54.1 Å². The highest BCUT2D eigenvalue weighted by atomic mass is 35.5. The molecule has 1 fully saturated rings. The minimum atomic E-state index is -3.46. The quantitative estimate of drug-likeness (QED) is 0.544. The number of rotatable bonds is 8. The van der Waals surface area contributed by atoms with E-state index in [9.17, 15) is 18.0 Å². The van der Waals surface area contributed by atoms with E-state index in [-0.39, 0.29) is 43.8 Å². The molecule has 0 saturated carbocycles. The van der Waals surface area contributed by atoms with Gasteiger partial charge in [-0.25, -0.2) is 12.7 Å². The van der Waals surface area contributed by atoms with Gasteiger partial charge in [0.1, 0.15) is 6.54 Å². The summed E-state index contributed by atoms with van der Waals surface area (Å²) in [6, 6.07) is 16.1. The second kappa shape index (κ2) is 10.9. The van der Waals surface area contributed by atoms with Crippen LogP contribution in [0.1, 0.15) is 24.0 Å². The van der Waals surface area contributed by atoms with Gasteiger partial charge in [0.15, 0.2) is 0 Å². The molecule has 0 spiro atoms. The highest BCUT2D eigenvalue weighted by molar-refractivity contribution is 7.88. The Morgan fingerprint density at radius 1 is 1.03 bits per heavy atom. The van der Waals surface area contributed by atoms with Crippen molar-refractivity contribution in [3.8, 4) is 0 Å². The van der Waals surface area contributed by atoms with E-state index in [1.807, 2.05) is 18.2 Å². The normalized spacial score (nSPS) is 15.3. The molecule has 172 valence electrons. The molecule has 0 atom stereocenters. The summed E-state index contributed by atoms with van der Waals surface area (Å²) in [5, 5.41) is 0.587. The van der Waals surface area contributed by atoms with Gasteiger partial charge in [0.25, 0.3) is 0 Å². The number of carbonyl (C=O) groups is 2. The van der Waals surface area contributed by atoms with E-state index in [1.165, 1.54) is 16.3 Å². The van der Waals surface area contributed by atoms with Crippen LogP contribution in [0.4, 0.5) is 0 Å². The van der Waals surface area contributed by atoms with E-state index in [0.29, 0.717) is 17.9 Å². The summed E-state index contributed by atoms with van der Waals surface area (Å²) in [4.78, 5) is 26.5. The number of sulfonamides is 1. The molecule has 1 saturated heterocycles. The van der Waals surface area contributed by atoms with Crippen LogP contribution in [0, 0.1) is 5.92 Å². The molecule has 1 aliphatic heterocycles. The molecule has 1 aliphatic rings. The second-order valence-electron chi connectivity index (χ2n) is 7.81. The first-order valence-corrected chi connectivity index (χ1v) is 12.4. The molecule has 32 heavy (non-hydrogen) atoms. The number of ether oxygens (including phenoxy) is 1. The summed E-state index contributed by atoms with van der Waals surface area (Å²) < 4.78 is 31.8. The van der Waals surface area contributed by atoms with E-state index >= 15 is 0 Å². The van der Waals surface area contributed by atoms with Crippen LogP contribution in [0.3, 0.4) is 0 Å². The van der Waals surface area contributed by atoms with Crippen LogP contribution < -0.4 is 0 Å². The molecular formula is C23H27ClN2O5S. The molecule has 0 unspecified atom stereocenters. The Labute approximate surface area is 194 Å². The predicted molar refractivity (Wildman–Crippen MR) is 122 cm³/mol. The topological polar surface area (TPSA) is 84.0 Å². The number of halogens is 1. The largest absolute Gasteiger partial charge is 0.468 e. The molecule has 2 aromatic carbocycles. The lowest BCUT2D eigenvalue weighted by atomic mass is 9.96. The van der Waals surface area contributed by atoms with Gasteiger partial charge in [0.05, 0.1) is 12.9 Å². The van der Waals surface area contributed by atoms with E-state index in [4.69, 9.17) is 16.3 Å². The Kier molecular flexibility index (Phi) is 8.28. The standard InChI is InChI=1S/C23H27ClN2O5S/c1-31-22(27)16-25(15-18-7-9-21(24)10-8-18)23(28)20-11-13-26(14-12-20)32(29,30)17-19-5-3-2-4-6-19/h2-10,20H,11-17H2,1H3.